The van der Waals surface area contributed by atoms with Gasteiger partial charge in [0.15, 0.2) is 0 Å². The van der Waals surface area contributed by atoms with Crippen LogP contribution in [0.2, 0.25) is 0 Å². The van der Waals surface area contributed by atoms with E-state index < -0.39 is 0 Å². The van der Waals surface area contributed by atoms with Crippen LogP contribution < -0.4 is 10.6 Å². The summed E-state index contributed by atoms with van der Waals surface area (Å²) in [5.74, 6) is 1.06. The molecule has 0 radical (unpaired) electrons. The zero-order chi connectivity index (χ0) is 12.0. The first-order valence-corrected chi connectivity index (χ1v) is 6.37. The van der Waals surface area contributed by atoms with Crippen molar-refractivity contribution >= 4 is 11.5 Å². The van der Waals surface area contributed by atoms with Crippen molar-refractivity contribution in [3.63, 3.8) is 0 Å². The van der Waals surface area contributed by atoms with Gasteiger partial charge in [0.25, 0.3) is 0 Å². The number of hydrogen-bond acceptors (Lipinski definition) is 2. The predicted octanol–water partition coefficient (Wildman–Crippen LogP) is 2.27. The van der Waals surface area contributed by atoms with Gasteiger partial charge in [-0.1, -0.05) is 0 Å². The lowest BCUT2D eigenvalue weighted by molar-refractivity contribution is 0.553. The molecule has 0 spiro atoms. The maximum atomic E-state index is 7.46. The molecule has 3 nitrogen and oxygen atoms in total. The highest BCUT2D eigenvalue weighted by Crippen LogP contribution is 2.41. The van der Waals surface area contributed by atoms with Gasteiger partial charge >= 0.3 is 0 Å². The number of nitrogens with zero attached hydrogens (tertiary/aromatic N) is 1. The standard InChI is InChI=1S/C14H19N3/c1-9-6-11(14(15)16)3-5-13(9)17-8-10-2-4-12(17)7-10/h3,5-6,10,12H,2,4,7-8H2,1H3,(H3,15,16). The van der Waals surface area contributed by atoms with Crippen molar-refractivity contribution in [2.45, 2.75) is 32.2 Å². The van der Waals surface area contributed by atoms with E-state index in [2.05, 4.69) is 17.9 Å². The van der Waals surface area contributed by atoms with Crippen molar-refractivity contribution < 1.29 is 0 Å². The zero-order valence-electron chi connectivity index (χ0n) is 10.2. The zero-order valence-corrected chi connectivity index (χ0v) is 10.2. The van der Waals surface area contributed by atoms with Crippen molar-refractivity contribution in [2.75, 3.05) is 11.4 Å². The van der Waals surface area contributed by atoms with Gasteiger partial charge < -0.3 is 10.6 Å². The highest BCUT2D eigenvalue weighted by atomic mass is 15.2. The minimum absolute atomic E-state index is 0.155. The minimum Gasteiger partial charge on any atom is -0.384 e. The summed E-state index contributed by atoms with van der Waals surface area (Å²) in [6.45, 7) is 3.33. The van der Waals surface area contributed by atoms with Crippen molar-refractivity contribution in [1.82, 2.24) is 0 Å². The first kappa shape index (κ1) is 10.6. The van der Waals surface area contributed by atoms with Gasteiger partial charge in [-0.05, 0) is 55.9 Å². The molecule has 2 bridgehead atoms. The van der Waals surface area contributed by atoms with Crippen molar-refractivity contribution in [2.24, 2.45) is 11.7 Å². The normalized spacial score (nSPS) is 26.5. The molecule has 1 saturated heterocycles. The van der Waals surface area contributed by atoms with Gasteiger partial charge in [0.2, 0.25) is 0 Å². The van der Waals surface area contributed by atoms with Gasteiger partial charge in [0.1, 0.15) is 5.84 Å². The van der Waals surface area contributed by atoms with E-state index in [1.165, 1.54) is 37.1 Å². The molecule has 2 unspecified atom stereocenters. The van der Waals surface area contributed by atoms with E-state index in [0.29, 0.717) is 0 Å². The maximum Gasteiger partial charge on any atom is 0.122 e. The number of aryl methyl sites for hydroxylation is 1. The van der Waals surface area contributed by atoms with Crippen LogP contribution in [0.5, 0.6) is 0 Å². The molecule has 90 valence electrons. The number of nitrogens with one attached hydrogen (secondary N) is 1. The molecule has 1 aromatic rings. The second-order valence-corrected chi connectivity index (χ2v) is 5.40. The molecular weight excluding hydrogens is 210 g/mol. The van der Waals surface area contributed by atoms with Crippen molar-refractivity contribution in [3.05, 3.63) is 29.3 Å². The van der Waals surface area contributed by atoms with Crippen LogP contribution in [-0.2, 0) is 0 Å². The first-order valence-electron chi connectivity index (χ1n) is 6.37. The second kappa shape index (κ2) is 3.76. The number of piperidine rings is 1. The summed E-state index contributed by atoms with van der Waals surface area (Å²) in [6, 6.07) is 6.88. The molecule has 1 heterocycles. The molecular formula is C14H19N3. The van der Waals surface area contributed by atoms with Crippen LogP contribution in [0.1, 0.15) is 30.4 Å². The SMILES string of the molecule is Cc1cc(C(=N)N)ccc1N1CC2CCC1C2. The number of nitrogen functional groups attached to an aromatic ring is 1. The van der Waals surface area contributed by atoms with Gasteiger partial charge in [0.05, 0.1) is 0 Å². The van der Waals surface area contributed by atoms with Crippen LogP contribution >= 0.6 is 0 Å². The molecule has 2 atom stereocenters. The molecule has 0 amide bonds. The molecule has 1 aliphatic carbocycles. The molecule has 3 heteroatoms. The number of anilines is 1. The maximum absolute atomic E-state index is 7.46. The summed E-state index contributed by atoms with van der Waals surface area (Å²) < 4.78 is 0. The highest BCUT2D eigenvalue weighted by molar-refractivity contribution is 5.95. The molecule has 1 aromatic carbocycles. The van der Waals surface area contributed by atoms with E-state index in [1.807, 2.05) is 12.1 Å². The second-order valence-electron chi connectivity index (χ2n) is 5.40. The highest BCUT2D eigenvalue weighted by Gasteiger charge is 2.38. The Labute approximate surface area is 102 Å². The Morgan fingerprint density at radius 3 is 2.76 bits per heavy atom. The fourth-order valence-electron chi connectivity index (χ4n) is 3.37. The number of benzene rings is 1. The van der Waals surface area contributed by atoms with E-state index in [9.17, 15) is 0 Å². The van der Waals surface area contributed by atoms with Crippen molar-refractivity contribution in [1.29, 1.82) is 5.41 Å². The topological polar surface area (TPSA) is 53.1 Å². The van der Waals surface area contributed by atoms with Crippen LogP contribution in [0.3, 0.4) is 0 Å². The van der Waals surface area contributed by atoms with Gasteiger partial charge in [-0.25, -0.2) is 0 Å². The van der Waals surface area contributed by atoms with E-state index in [1.54, 1.807) is 0 Å². The van der Waals surface area contributed by atoms with E-state index in [4.69, 9.17) is 11.1 Å². The third-order valence-corrected chi connectivity index (χ3v) is 4.23. The lowest BCUT2D eigenvalue weighted by Crippen LogP contribution is -2.32. The Bertz CT molecular complexity index is 467. The Balaban J connectivity index is 1.91. The molecule has 0 aromatic heterocycles. The third-order valence-electron chi connectivity index (χ3n) is 4.23. The monoisotopic (exact) mass is 229 g/mol. The lowest BCUT2D eigenvalue weighted by atomic mass is 10.1. The average Bonchev–Trinajstić information content (AvgIpc) is 2.90. The van der Waals surface area contributed by atoms with Gasteiger partial charge in [-0.2, -0.15) is 0 Å². The van der Waals surface area contributed by atoms with E-state index in [0.717, 1.165) is 17.5 Å². The van der Waals surface area contributed by atoms with Crippen LogP contribution in [0.15, 0.2) is 18.2 Å². The molecule has 1 saturated carbocycles. The fourth-order valence-corrected chi connectivity index (χ4v) is 3.37. The molecule has 17 heavy (non-hydrogen) atoms. The first-order chi connectivity index (χ1) is 8.15. The van der Waals surface area contributed by atoms with Crippen LogP contribution in [0.4, 0.5) is 5.69 Å². The van der Waals surface area contributed by atoms with Crippen molar-refractivity contribution in [3.8, 4) is 0 Å². The average molecular weight is 229 g/mol. The Hall–Kier alpha value is -1.51. The molecule has 1 aliphatic heterocycles. The quantitative estimate of drug-likeness (QED) is 0.604. The summed E-state index contributed by atoms with van der Waals surface area (Å²) in [5.41, 5.74) is 8.92. The van der Waals surface area contributed by atoms with Gasteiger partial charge in [-0.3, -0.25) is 5.41 Å². The Kier molecular flexibility index (Phi) is 2.35. The van der Waals surface area contributed by atoms with E-state index in [-0.39, 0.29) is 5.84 Å². The summed E-state index contributed by atoms with van der Waals surface area (Å²) in [7, 11) is 0. The lowest BCUT2D eigenvalue weighted by Gasteiger charge is -2.30. The van der Waals surface area contributed by atoms with Crippen LogP contribution in [0.25, 0.3) is 0 Å². The largest absolute Gasteiger partial charge is 0.384 e. The molecule has 2 aliphatic rings. The Morgan fingerprint density at radius 2 is 2.24 bits per heavy atom. The molecule has 3 N–H and O–H groups in total. The van der Waals surface area contributed by atoms with E-state index >= 15 is 0 Å². The van der Waals surface area contributed by atoms with Crippen LogP contribution in [0, 0.1) is 18.3 Å². The third kappa shape index (κ3) is 1.70. The van der Waals surface area contributed by atoms with Gasteiger partial charge in [-0.15, -0.1) is 0 Å². The number of hydrogen-bond donors (Lipinski definition) is 2. The summed E-state index contributed by atoms with van der Waals surface area (Å²) in [4.78, 5) is 2.55. The minimum atomic E-state index is 0.155. The summed E-state index contributed by atoms with van der Waals surface area (Å²) in [5, 5.41) is 7.46. The fraction of sp³-hybridized carbons (Fsp3) is 0.500. The molecule has 3 rings (SSSR count). The predicted molar refractivity (Wildman–Crippen MR) is 70.7 cm³/mol. The van der Waals surface area contributed by atoms with Crippen LogP contribution in [-0.4, -0.2) is 18.4 Å². The number of nitrogens with two attached hydrogens (primary N) is 1. The molecule has 2 fully saturated rings. The number of amidine groups is 1. The number of rotatable bonds is 2. The smallest absolute Gasteiger partial charge is 0.122 e. The summed E-state index contributed by atoms with van der Waals surface area (Å²) >= 11 is 0. The summed E-state index contributed by atoms with van der Waals surface area (Å²) in [6.07, 6.45) is 4.12. The Morgan fingerprint density at radius 1 is 1.41 bits per heavy atom. The van der Waals surface area contributed by atoms with Gasteiger partial charge in [0, 0.05) is 23.8 Å². The number of fused-ring (bicyclic) bond motifs is 2.